The molecule has 1 aromatic carbocycles. The van der Waals surface area contributed by atoms with Crippen LogP contribution >= 0.6 is 0 Å². The van der Waals surface area contributed by atoms with Crippen molar-refractivity contribution in [1.82, 2.24) is 34.6 Å². The highest BCUT2D eigenvalue weighted by Crippen LogP contribution is 2.54. The SMILES string of the molecule is C[C@@H](NC(=O)c1ccc(-c2cnc3ncc(C4(c5cccc6cccnc56)CC4)n3c2)cn1)C(=O)N(C)C. The summed E-state index contributed by atoms with van der Waals surface area (Å²) in [5.74, 6) is 0.0500. The van der Waals surface area contributed by atoms with E-state index in [2.05, 4.69) is 48.9 Å². The number of hydrogen-bond acceptors (Lipinski definition) is 6. The first-order chi connectivity index (χ1) is 18.4. The van der Waals surface area contributed by atoms with Gasteiger partial charge in [0, 0.05) is 60.8 Å². The van der Waals surface area contributed by atoms with Crippen molar-refractivity contribution < 1.29 is 9.59 Å². The van der Waals surface area contributed by atoms with Crippen LogP contribution in [0.1, 0.15) is 41.5 Å². The molecule has 0 radical (unpaired) electrons. The van der Waals surface area contributed by atoms with E-state index in [0.29, 0.717) is 5.78 Å². The molecule has 190 valence electrons. The molecule has 1 saturated carbocycles. The van der Waals surface area contributed by atoms with Crippen molar-refractivity contribution in [2.24, 2.45) is 0 Å². The Kier molecular flexibility index (Phi) is 5.63. The fraction of sp³-hybridized carbons (Fsp3) is 0.241. The lowest BCUT2D eigenvalue weighted by Gasteiger charge is -2.18. The van der Waals surface area contributed by atoms with Crippen LogP contribution in [0.2, 0.25) is 0 Å². The Morgan fingerprint density at radius 2 is 1.71 bits per heavy atom. The lowest BCUT2D eigenvalue weighted by Crippen LogP contribution is -2.44. The van der Waals surface area contributed by atoms with E-state index in [4.69, 9.17) is 4.98 Å². The van der Waals surface area contributed by atoms with E-state index in [1.807, 2.05) is 30.7 Å². The highest BCUT2D eigenvalue weighted by Gasteiger charge is 2.49. The van der Waals surface area contributed by atoms with E-state index in [0.717, 1.165) is 40.6 Å². The molecule has 1 fully saturated rings. The number of fused-ring (bicyclic) bond motifs is 2. The molecule has 0 bridgehead atoms. The maximum Gasteiger partial charge on any atom is 0.270 e. The number of hydrogen-bond donors (Lipinski definition) is 1. The first-order valence-electron chi connectivity index (χ1n) is 12.5. The van der Waals surface area contributed by atoms with Gasteiger partial charge in [0.2, 0.25) is 11.7 Å². The topological polar surface area (TPSA) is 105 Å². The molecule has 4 heterocycles. The molecule has 1 atom stereocenters. The van der Waals surface area contributed by atoms with Crippen molar-refractivity contribution in [1.29, 1.82) is 0 Å². The van der Waals surface area contributed by atoms with Crippen molar-refractivity contribution >= 4 is 28.5 Å². The average molecular weight is 506 g/mol. The smallest absolute Gasteiger partial charge is 0.270 e. The molecule has 1 aliphatic rings. The maximum absolute atomic E-state index is 12.6. The number of amides is 2. The molecule has 0 spiro atoms. The molecular weight excluding hydrogens is 478 g/mol. The first-order valence-corrected chi connectivity index (χ1v) is 12.5. The quantitative estimate of drug-likeness (QED) is 0.378. The van der Waals surface area contributed by atoms with Crippen LogP contribution in [0.4, 0.5) is 0 Å². The highest BCUT2D eigenvalue weighted by atomic mass is 16.2. The zero-order valence-electron chi connectivity index (χ0n) is 21.4. The van der Waals surface area contributed by atoms with Crippen LogP contribution in [-0.4, -0.2) is 61.2 Å². The molecular formula is C29H27N7O2. The standard InChI is InChI=1S/C29H27N7O2/c1-18(27(38)35(2)3)34-26(37)23-10-9-20(14-31-23)21-15-32-28-33-16-24(36(28)17-21)29(11-12-29)22-8-4-6-19-7-5-13-30-25(19)22/h4-10,13-18H,11-12H2,1-3H3,(H,34,37)/t18-/m1/s1. The van der Waals surface area contributed by atoms with Crippen molar-refractivity contribution in [3.8, 4) is 11.1 Å². The molecule has 9 nitrogen and oxygen atoms in total. The minimum Gasteiger partial charge on any atom is -0.347 e. The minimum absolute atomic E-state index is 0.158. The number of benzene rings is 1. The number of imidazole rings is 1. The average Bonchev–Trinajstić information content (AvgIpc) is 3.63. The summed E-state index contributed by atoms with van der Waals surface area (Å²) < 4.78 is 2.05. The third-order valence-corrected chi connectivity index (χ3v) is 7.24. The second kappa shape index (κ2) is 9.02. The van der Waals surface area contributed by atoms with Gasteiger partial charge in [-0.3, -0.25) is 24.0 Å². The maximum atomic E-state index is 12.6. The molecule has 0 aliphatic heterocycles. The number of likely N-dealkylation sites (N-methyl/N-ethyl adjacent to an activating group) is 1. The summed E-state index contributed by atoms with van der Waals surface area (Å²) in [6, 6.07) is 13.2. The van der Waals surface area contributed by atoms with Gasteiger partial charge >= 0.3 is 0 Å². The largest absolute Gasteiger partial charge is 0.347 e. The Labute approximate surface area is 219 Å². The number of nitrogens with one attached hydrogen (secondary N) is 1. The summed E-state index contributed by atoms with van der Waals surface area (Å²) in [6.07, 6.45) is 11.2. The first kappa shape index (κ1) is 23.7. The molecule has 0 unspecified atom stereocenters. The zero-order chi connectivity index (χ0) is 26.4. The lowest BCUT2D eigenvalue weighted by molar-refractivity contribution is -0.130. The molecule has 9 heteroatoms. The van der Waals surface area contributed by atoms with Gasteiger partial charge in [0.15, 0.2) is 0 Å². The molecule has 38 heavy (non-hydrogen) atoms. The van der Waals surface area contributed by atoms with Crippen LogP contribution in [0.3, 0.4) is 0 Å². The lowest BCUT2D eigenvalue weighted by atomic mass is 9.90. The molecule has 2 amide bonds. The summed E-state index contributed by atoms with van der Waals surface area (Å²) in [7, 11) is 3.30. The predicted molar refractivity (Wildman–Crippen MR) is 144 cm³/mol. The van der Waals surface area contributed by atoms with Crippen LogP contribution in [-0.2, 0) is 10.2 Å². The highest BCUT2D eigenvalue weighted by molar-refractivity contribution is 5.96. The van der Waals surface area contributed by atoms with Crippen molar-refractivity contribution in [2.45, 2.75) is 31.2 Å². The zero-order valence-corrected chi connectivity index (χ0v) is 21.4. The van der Waals surface area contributed by atoms with Gasteiger partial charge in [-0.15, -0.1) is 0 Å². The minimum atomic E-state index is -0.642. The second-order valence-electron chi connectivity index (χ2n) is 9.98. The van der Waals surface area contributed by atoms with Gasteiger partial charge in [0.05, 0.1) is 17.4 Å². The van der Waals surface area contributed by atoms with Crippen molar-refractivity contribution in [3.05, 3.63) is 90.4 Å². The van der Waals surface area contributed by atoms with E-state index < -0.39 is 11.9 Å². The van der Waals surface area contributed by atoms with Gasteiger partial charge in [-0.25, -0.2) is 9.97 Å². The van der Waals surface area contributed by atoms with Gasteiger partial charge in [0.1, 0.15) is 11.7 Å². The van der Waals surface area contributed by atoms with Crippen molar-refractivity contribution in [3.63, 3.8) is 0 Å². The number of carbonyl (C=O) groups is 2. The fourth-order valence-corrected chi connectivity index (χ4v) is 5.07. The number of aromatic nitrogens is 5. The fourth-order valence-electron chi connectivity index (χ4n) is 5.07. The third kappa shape index (κ3) is 3.96. The van der Waals surface area contributed by atoms with Crippen LogP contribution in [0, 0.1) is 0 Å². The van der Waals surface area contributed by atoms with Crippen LogP contribution in [0.15, 0.2) is 73.4 Å². The molecule has 4 aromatic heterocycles. The Morgan fingerprint density at radius 1 is 0.947 bits per heavy atom. The van der Waals surface area contributed by atoms with Crippen LogP contribution in [0.5, 0.6) is 0 Å². The summed E-state index contributed by atoms with van der Waals surface area (Å²) in [4.78, 5) is 44.3. The van der Waals surface area contributed by atoms with Crippen LogP contribution < -0.4 is 5.32 Å². The van der Waals surface area contributed by atoms with Gasteiger partial charge in [-0.1, -0.05) is 30.3 Å². The molecule has 1 aliphatic carbocycles. The summed E-state index contributed by atoms with van der Waals surface area (Å²) in [5, 5.41) is 3.82. The van der Waals surface area contributed by atoms with Gasteiger partial charge < -0.3 is 10.2 Å². The van der Waals surface area contributed by atoms with E-state index in [1.165, 1.54) is 10.5 Å². The number of rotatable bonds is 6. The molecule has 0 saturated heterocycles. The van der Waals surface area contributed by atoms with Gasteiger partial charge in [-0.05, 0) is 37.5 Å². The molecule has 5 aromatic rings. The number of para-hydroxylation sites is 1. The number of carbonyl (C=O) groups excluding carboxylic acids is 2. The third-order valence-electron chi connectivity index (χ3n) is 7.24. The summed E-state index contributed by atoms with van der Waals surface area (Å²) in [5.41, 5.74) is 5.08. The molecule has 1 N–H and O–H groups in total. The Hall–Kier alpha value is -4.66. The van der Waals surface area contributed by atoms with E-state index in [-0.39, 0.29) is 17.0 Å². The van der Waals surface area contributed by atoms with Gasteiger partial charge in [-0.2, -0.15) is 0 Å². The monoisotopic (exact) mass is 505 g/mol. The Bertz CT molecular complexity index is 1680. The summed E-state index contributed by atoms with van der Waals surface area (Å²) >= 11 is 0. The number of nitrogens with zero attached hydrogens (tertiary/aromatic N) is 6. The summed E-state index contributed by atoms with van der Waals surface area (Å²) in [6.45, 7) is 1.65. The second-order valence-corrected chi connectivity index (χ2v) is 9.98. The van der Waals surface area contributed by atoms with E-state index in [9.17, 15) is 9.59 Å². The van der Waals surface area contributed by atoms with Gasteiger partial charge in [0.25, 0.3) is 5.91 Å². The van der Waals surface area contributed by atoms with E-state index in [1.54, 1.807) is 39.5 Å². The predicted octanol–water partition coefficient (Wildman–Crippen LogP) is 3.63. The Morgan fingerprint density at radius 3 is 2.45 bits per heavy atom. The number of pyridine rings is 2. The normalized spacial score (nSPS) is 14.8. The van der Waals surface area contributed by atoms with Crippen molar-refractivity contribution in [2.75, 3.05) is 14.1 Å². The van der Waals surface area contributed by atoms with E-state index >= 15 is 0 Å². The van der Waals surface area contributed by atoms with Crippen LogP contribution in [0.25, 0.3) is 27.8 Å². The molecule has 6 rings (SSSR count). The Balaban J connectivity index is 1.31.